The molecule has 0 aliphatic carbocycles. The van der Waals surface area contributed by atoms with Crippen molar-refractivity contribution < 1.29 is 39.2 Å². The Labute approximate surface area is 238 Å². The summed E-state index contributed by atoms with van der Waals surface area (Å²) in [5, 5.41) is 31.6. The van der Waals surface area contributed by atoms with E-state index in [2.05, 4.69) is 20.4 Å². The molecule has 2 aliphatic rings. The highest BCUT2D eigenvalue weighted by atomic mass is 32.2. The number of thiazole rings is 1. The topological polar surface area (TPSA) is 201 Å². The lowest BCUT2D eigenvalue weighted by atomic mass is 10.0. The zero-order chi connectivity index (χ0) is 28.8. The van der Waals surface area contributed by atoms with E-state index in [1.54, 1.807) is 6.20 Å². The molecule has 1 unspecified atom stereocenters. The molecule has 3 aromatic heterocycles. The number of nitrogens with zero attached hydrogens (tertiary/aromatic N) is 3. The van der Waals surface area contributed by atoms with Gasteiger partial charge in [0, 0.05) is 29.0 Å². The quantitative estimate of drug-likeness (QED) is 0.170. The molecular formula is C24H22N6O7S3. The molecule has 1 fully saturated rings. The van der Waals surface area contributed by atoms with Gasteiger partial charge in [0.15, 0.2) is 17.0 Å². The number of carbonyl (C=O) groups excluding carboxylic acids is 3. The Balaban J connectivity index is 1.37. The first-order valence-electron chi connectivity index (χ1n) is 11.7. The zero-order valence-electron chi connectivity index (χ0n) is 21.0. The van der Waals surface area contributed by atoms with Crippen LogP contribution < -0.4 is 21.1 Å². The number of carbonyl (C=O) groups is 4. The van der Waals surface area contributed by atoms with Gasteiger partial charge < -0.3 is 30.9 Å². The highest BCUT2D eigenvalue weighted by Gasteiger charge is 2.53. The summed E-state index contributed by atoms with van der Waals surface area (Å²) < 4.78 is 0. The summed E-state index contributed by atoms with van der Waals surface area (Å²) in [6, 6.07) is 2.75. The minimum Gasteiger partial charge on any atom is -0.543 e. The SMILES string of the molecule is CC(C)(ON=C(C(=O)NC1C(=O)N2C(C(=O)[O-])=C(Cc3scc4ccc[nH+]c34)CS[C@H]12)c1csc(N)n1)C(=O)O. The molecule has 0 radical (unpaired) electrons. The number of β-lactam (4-membered cyclic amide) rings is 1. The van der Waals surface area contributed by atoms with Crippen molar-refractivity contribution >= 4 is 79.9 Å². The largest absolute Gasteiger partial charge is 0.543 e. The molecule has 208 valence electrons. The maximum Gasteiger partial charge on any atom is 0.350 e. The number of carboxylic acids is 2. The van der Waals surface area contributed by atoms with Crippen LogP contribution in [0, 0.1) is 0 Å². The van der Waals surface area contributed by atoms with Gasteiger partial charge in [0.1, 0.15) is 17.1 Å². The van der Waals surface area contributed by atoms with Crippen molar-refractivity contribution in [1.29, 1.82) is 0 Å². The van der Waals surface area contributed by atoms with Crippen LogP contribution >= 0.6 is 34.4 Å². The lowest BCUT2D eigenvalue weighted by Gasteiger charge is -2.50. The number of H-pyrrole nitrogens is 1. The fourth-order valence-corrected chi connectivity index (χ4v) is 7.04. The number of rotatable bonds is 9. The van der Waals surface area contributed by atoms with E-state index in [-0.39, 0.29) is 22.2 Å². The number of fused-ring (bicyclic) bond motifs is 2. The number of thioether (sulfide) groups is 1. The third-order valence-corrected chi connectivity index (χ3v) is 9.27. The molecule has 5 rings (SSSR count). The van der Waals surface area contributed by atoms with Gasteiger partial charge in [0.25, 0.3) is 11.8 Å². The second-order valence-corrected chi connectivity index (χ2v) is 12.3. The predicted octanol–water partition coefficient (Wildman–Crippen LogP) is -0.0154. The fourth-order valence-electron chi connectivity index (χ4n) is 4.12. The number of carboxylic acid groups (broad SMARTS) is 2. The smallest absolute Gasteiger partial charge is 0.350 e. The Morgan fingerprint density at radius 2 is 2.12 bits per heavy atom. The van der Waals surface area contributed by atoms with Crippen molar-refractivity contribution in [3.05, 3.63) is 50.9 Å². The van der Waals surface area contributed by atoms with Gasteiger partial charge in [0.05, 0.1) is 21.9 Å². The van der Waals surface area contributed by atoms with E-state index in [9.17, 15) is 29.4 Å². The number of oxime groups is 1. The molecule has 0 spiro atoms. The molecule has 1 saturated heterocycles. The molecule has 0 bridgehead atoms. The molecule has 0 saturated carbocycles. The van der Waals surface area contributed by atoms with Gasteiger partial charge in [-0.25, -0.2) is 14.8 Å². The summed E-state index contributed by atoms with van der Waals surface area (Å²) in [5.41, 5.74) is 4.79. The summed E-state index contributed by atoms with van der Waals surface area (Å²) in [4.78, 5) is 64.3. The minimum absolute atomic E-state index is 0.0266. The van der Waals surface area contributed by atoms with Gasteiger partial charge in [-0.1, -0.05) is 5.16 Å². The second-order valence-electron chi connectivity index (χ2n) is 9.35. The molecule has 3 aromatic rings. The molecule has 0 aromatic carbocycles. The average Bonchev–Trinajstić information content (AvgIpc) is 3.53. The van der Waals surface area contributed by atoms with E-state index in [1.165, 1.54) is 42.3 Å². The predicted molar refractivity (Wildman–Crippen MR) is 145 cm³/mol. The van der Waals surface area contributed by atoms with Gasteiger partial charge >= 0.3 is 5.97 Å². The maximum absolute atomic E-state index is 13.2. The number of aromatic nitrogens is 2. The highest BCUT2D eigenvalue weighted by molar-refractivity contribution is 8.00. The number of aromatic amines is 1. The van der Waals surface area contributed by atoms with E-state index in [0.717, 1.165) is 32.0 Å². The van der Waals surface area contributed by atoms with Gasteiger partial charge in [0.2, 0.25) is 11.1 Å². The fraction of sp³-hybridized carbons (Fsp3) is 0.292. The monoisotopic (exact) mass is 602 g/mol. The van der Waals surface area contributed by atoms with Crippen LogP contribution in [0.15, 0.2) is 45.5 Å². The average molecular weight is 603 g/mol. The van der Waals surface area contributed by atoms with Gasteiger partial charge in [-0.15, -0.1) is 34.4 Å². The third kappa shape index (κ3) is 5.00. The van der Waals surface area contributed by atoms with Crippen LogP contribution in [0.2, 0.25) is 0 Å². The van der Waals surface area contributed by atoms with Crippen molar-refractivity contribution in [2.24, 2.45) is 5.16 Å². The van der Waals surface area contributed by atoms with Crippen molar-refractivity contribution in [2.75, 3.05) is 11.5 Å². The van der Waals surface area contributed by atoms with E-state index < -0.39 is 40.8 Å². The van der Waals surface area contributed by atoms with E-state index >= 15 is 0 Å². The molecule has 5 heterocycles. The first-order chi connectivity index (χ1) is 19.0. The lowest BCUT2D eigenvalue weighted by Crippen LogP contribution is -2.71. The number of hydrogen-bond acceptors (Lipinski definition) is 12. The number of anilines is 1. The summed E-state index contributed by atoms with van der Waals surface area (Å²) in [6.45, 7) is 2.50. The Morgan fingerprint density at radius 3 is 2.80 bits per heavy atom. The van der Waals surface area contributed by atoms with E-state index in [4.69, 9.17) is 10.6 Å². The number of thiophene rings is 1. The van der Waals surface area contributed by atoms with Crippen molar-refractivity contribution in [3.8, 4) is 0 Å². The second kappa shape index (κ2) is 10.5. The van der Waals surface area contributed by atoms with Crippen LogP contribution in [0.3, 0.4) is 0 Å². The van der Waals surface area contributed by atoms with Crippen LogP contribution in [-0.4, -0.2) is 67.2 Å². The molecule has 2 amide bonds. The third-order valence-electron chi connectivity index (χ3n) is 6.26. The summed E-state index contributed by atoms with van der Waals surface area (Å²) in [6.07, 6.45) is 2.10. The van der Waals surface area contributed by atoms with Gasteiger partial charge in [-0.05, 0) is 25.5 Å². The first kappa shape index (κ1) is 27.5. The summed E-state index contributed by atoms with van der Waals surface area (Å²) in [5.74, 6) is -3.99. The molecular weight excluding hydrogens is 581 g/mol. The lowest BCUT2D eigenvalue weighted by molar-refractivity contribution is -0.344. The number of hydrogen-bond donors (Lipinski definition) is 3. The molecule has 2 aliphatic heterocycles. The normalized spacial score (nSPS) is 19.3. The molecule has 13 nitrogen and oxygen atoms in total. The van der Waals surface area contributed by atoms with Crippen LogP contribution in [-0.2, 0) is 30.4 Å². The van der Waals surface area contributed by atoms with Crippen LogP contribution in [0.25, 0.3) is 10.9 Å². The van der Waals surface area contributed by atoms with Gasteiger partial charge in [-0.2, -0.15) is 0 Å². The number of aliphatic carboxylic acids is 2. The minimum atomic E-state index is -1.76. The van der Waals surface area contributed by atoms with Gasteiger partial charge in [-0.3, -0.25) is 14.5 Å². The Morgan fingerprint density at radius 1 is 1.35 bits per heavy atom. The number of nitrogens with one attached hydrogen (secondary N) is 2. The van der Waals surface area contributed by atoms with E-state index in [1.807, 2.05) is 17.5 Å². The molecule has 2 atom stereocenters. The van der Waals surface area contributed by atoms with Crippen molar-refractivity contribution in [2.45, 2.75) is 37.3 Å². The Kier molecular flexibility index (Phi) is 7.24. The van der Waals surface area contributed by atoms with Crippen molar-refractivity contribution in [3.63, 3.8) is 0 Å². The zero-order valence-corrected chi connectivity index (χ0v) is 23.4. The molecule has 5 N–H and O–H groups in total. The van der Waals surface area contributed by atoms with Crippen LogP contribution in [0.5, 0.6) is 0 Å². The number of nitrogens with two attached hydrogens (primary N) is 1. The number of amides is 2. The Hall–Kier alpha value is -4.02. The van der Waals surface area contributed by atoms with E-state index in [0.29, 0.717) is 17.7 Å². The number of nitrogen functional groups attached to an aromatic ring is 1. The first-order valence-corrected chi connectivity index (χ1v) is 14.6. The molecule has 16 heteroatoms. The maximum atomic E-state index is 13.2. The van der Waals surface area contributed by atoms with Crippen LogP contribution in [0.1, 0.15) is 24.4 Å². The summed E-state index contributed by atoms with van der Waals surface area (Å²) in [7, 11) is 0. The van der Waals surface area contributed by atoms with Crippen molar-refractivity contribution in [1.82, 2.24) is 15.2 Å². The highest BCUT2D eigenvalue weighted by Crippen LogP contribution is 2.41. The standard InChI is InChI=1S/C24H22N6O7S3/c1-24(2,22(35)36)37-29-15(12-9-40-23(25)27-12)18(31)28-16-19(32)30-17(21(33)34)11(8-39-20(16)30)6-13-14-10(7-38-13)4-3-5-26-14/h3-5,7,9,16,20H,6,8H2,1-2H3,(H2,25,27)(H,28,31)(H,33,34)(H,35,36)/t16?,20-/m1/s1. The van der Waals surface area contributed by atoms with Crippen LogP contribution in [0.4, 0.5) is 5.13 Å². The molecule has 40 heavy (non-hydrogen) atoms. The summed E-state index contributed by atoms with van der Waals surface area (Å²) >= 11 is 3.82. The number of pyridine rings is 1. The Bertz CT molecular complexity index is 1610.